The highest BCUT2D eigenvalue weighted by Gasteiger charge is 2.37. The van der Waals surface area contributed by atoms with Crippen molar-refractivity contribution in [3.8, 4) is 0 Å². The maximum Gasteiger partial charge on any atom is 0.245 e. The van der Waals surface area contributed by atoms with E-state index in [0.29, 0.717) is 52.4 Å². The lowest BCUT2D eigenvalue weighted by Crippen LogP contribution is -2.60. The summed E-state index contributed by atoms with van der Waals surface area (Å²) >= 11 is 0. The van der Waals surface area contributed by atoms with Crippen molar-refractivity contribution >= 4 is 11.8 Å². The number of amides is 2. The summed E-state index contributed by atoms with van der Waals surface area (Å²) in [6.07, 6.45) is 0.967. The van der Waals surface area contributed by atoms with Crippen molar-refractivity contribution in [1.82, 2.24) is 10.2 Å². The number of morpholine rings is 1. The fraction of sp³-hybridized carbons (Fsp3) is 0.846. The molecule has 1 unspecified atom stereocenters. The summed E-state index contributed by atoms with van der Waals surface area (Å²) in [6, 6.07) is -0.566. The molecule has 7 nitrogen and oxygen atoms in total. The van der Waals surface area contributed by atoms with Crippen molar-refractivity contribution in [3.63, 3.8) is 0 Å². The standard InChI is InChI=1S/C13H23N3O4/c1-10(11(17)16-4-8-20-9-5-16)15-12(18)13(14)2-6-19-7-3-13/h10H,2-9,14H2,1H3,(H,15,18). The van der Waals surface area contributed by atoms with Gasteiger partial charge in [0.25, 0.3) is 0 Å². The molecule has 2 saturated heterocycles. The van der Waals surface area contributed by atoms with E-state index in [1.807, 2.05) is 0 Å². The maximum atomic E-state index is 12.2. The van der Waals surface area contributed by atoms with Gasteiger partial charge in [-0.2, -0.15) is 0 Å². The molecule has 114 valence electrons. The van der Waals surface area contributed by atoms with Gasteiger partial charge in [-0.05, 0) is 19.8 Å². The molecule has 0 aromatic rings. The summed E-state index contributed by atoms with van der Waals surface area (Å²) in [7, 11) is 0. The van der Waals surface area contributed by atoms with Gasteiger partial charge >= 0.3 is 0 Å². The fourth-order valence-corrected chi connectivity index (χ4v) is 2.42. The van der Waals surface area contributed by atoms with Gasteiger partial charge in [0.15, 0.2) is 0 Å². The molecule has 1 atom stereocenters. The summed E-state index contributed by atoms with van der Waals surface area (Å²) in [4.78, 5) is 26.2. The quantitative estimate of drug-likeness (QED) is 0.683. The topological polar surface area (TPSA) is 93.9 Å². The molecule has 3 N–H and O–H groups in total. The number of carbonyl (C=O) groups is 2. The number of hydrogen-bond donors (Lipinski definition) is 2. The number of rotatable bonds is 3. The van der Waals surface area contributed by atoms with E-state index in [1.54, 1.807) is 11.8 Å². The van der Waals surface area contributed by atoms with Crippen LogP contribution >= 0.6 is 0 Å². The Hall–Kier alpha value is -1.18. The van der Waals surface area contributed by atoms with E-state index in [0.717, 1.165) is 0 Å². The molecule has 7 heteroatoms. The van der Waals surface area contributed by atoms with E-state index >= 15 is 0 Å². The smallest absolute Gasteiger partial charge is 0.245 e. The molecule has 0 spiro atoms. The Kier molecular flexibility index (Phi) is 4.95. The molecular formula is C13H23N3O4. The van der Waals surface area contributed by atoms with E-state index < -0.39 is 11.6 Å². The van der Waals surface area contributed by atoms with Crippen molar-refractivity contribution in [2.24, 2.45) is 5.73 Å². The highest BCUT2D eigenvalue weighted by molar-refractivity contribution is 5.91. The van der Waals surface area contributed by atoms with Gasteiger partial charge in [0.1, 0.15) is 6.04 Å². The van der Waals surface area contributed by atoms with Crippen LogP contribution in [0, 0.1) is 0 Å². The van der Waals surface area contributed by atoms with Crippen LogP contribution < -0.4 is 11.1 Å². The minimum atomic E-state index is -0.919. The zero-order valence-electron chi connectivity index (χ0n) is 11.9. The molecule has 0 aromatic carbocycles. The second kappa shape index (κ2) is 6.51. The minimum Gasteiger partial charge on any atom is -0.381 e. The summed E-state index contributed by atoms with van der Waals surface area (Å²) < 4.78 is 10.4. The van der Waals surface area contributed by atoms with Crippen molar-refractivity contribution in [3.05, 3.63) is 0 Å². The molecular weight excluding hydrogens is 262 g/mol. The number of nitrogens with two attached hydrogens (primary N) is 1. The molecule has 0 aromatic heterocycles. The van der Waals surface area contributed by atoms with E-state index in [1.165, 1.54) is 0 Å². The average molecular weight is 285 g/mol. The molecule has 2 aliphatic rings. The SMILES string of the molecule is CC(NC(=O)C1(N)CCOCC1)C(=O)N1CCOCC1. The zero-order valence-corrected chi connectivity index (χ0v) is 11.9. The molecule has 20 heavy (non-hydrogen) atoms. The minimum absolute atomic E-state index is 0.0858. The Balaban J connectivity index is 1.87. The van der Waals surface area contributed by atoms with Gasteiger partial charge in [0.2, 0.25) is 11.8 Å². The van der Waals surface area contributed by atoms with Crippen molar-refractivity contribution in [1.29, 1.82) is 0 Å². The largest absolute Gasteiger partial charge is 0.381 e. The monoisotopic (exact) mass is 285 g/mol. The molecule has 0 radical (unpaired) electrons. The Morgan fingerprint density at radius 1 is 1.15 bits per heavy atom. The molecule has 0 saturated carbocycles. The summed E-state index contributed by atoms with van der Waals surface area (Å²) in [5, 5.41) is 2.74. The third-order valence-electron chi connectivity index (χ3n) is 3.88. The Bertz CT molecular complexity index is 363. The van der Waals surface area contributed by atoms with Crippen LogP contribution in [-0.2, 0) is 19.1 Å². The van der Waals surface area contributed by atoms with Crippen molar-refractivity contribution in [2.75, 3.05) is 39.5 Å². The number of nitrogens with zero attached hydrogens (tertiary/aromatic N) is 1. The normalized spacial score (nSPS) is 24.0. The van der Waals surface area contributed by atoms with Crippen molar-refractivity contribution < 1.29 is 19.1 Å². The molecule has 2 rings (SSSR count). The van der Waals surface area contributed by atoms with E-state index in [9.17, 15) is 9.59 Å². The highest BCUT2D eigenvalue weighted by Crippen LogP contribution is 2.18. The maximum absolute atomic E-state index is 12.2. The molecule has 2 fully saturated rings. The number of ether oxygens (including phenoxy) is 2. The van der Waals surface area contributed by atoms with Crippen LogP contribution in [0.2, 0.25) is 0 Å². The Morgan fingerprint density at radius 3 is 2.30 bits per heavy atom. The Labute approximate surface area is 118 Å². The lowest BCUT2D eigenvalue weighted by Gasteiger charge is -2.34. The second-order valence-corrected chi connectivity index (χ2v) is 5.40. The van der Waals surface area contributed by atoms with E-state index in [-0.39, 0.29) is 11.8 Å². The number of hydrogen-bond acceptors (Lipinski definition) is 5. The average Bonchev–Trinajstić information content (AvgIpc) is 2.48. The van der Waals surface area contributed by atoms with Crippen LogP contribution in [0.5, 0.6) is 0 Å². The van der Waals surface area contributed by atoms with Gasteiger partial charge in [-0.25, -0.2) is 0 Å². The molecule has 2 aliphatic heterocycles. The molecule has 2 heterocycles. The first-order chi connectivity index (χ1) is 9.53. The molecule has 0 aliphatic carbocycles. The lowest BCUT2D eigenvalue weighted by atomic mass is 9.90. The van der Waals surface area contributed by atoms with Crippen LogP contribution in [0.4, 0.5) is 0 Å². The third-order valence-corrected chi connectivity index (χ3v) is 3.88. The first-order valence-corrected chi connectivity index (χ1v) is 7.07. The van der Waals surface area contributed by atoms with Gasteiger partial charge in [-0.3, -0.25) is 9.59 Å². The summed E-state index contributed by atoms with van der Waals surface area (Å²) in [5.41, 5.74) is 5.17. The number of carbonyl (C=O) groups excluding carboxylic acids is 2. The summed E-state index contributed by atoms with van der Waals surface area (Å²) in [5.74, 6) is -0.354. The molecule has 0 bridgehead atoms. The van der Waals surface area contributed by atoms with Gasteiger partial charge in [-0.15, -0.1) is 0 Å². The van der Waals surface area contributed by atoms with Crippen LogP contribution in [0.1, 0.15) is 19.8 Å². The Morgan fingerprint density at radius 2 is 1.70 bits per heavy atom. The van der Waals surface area contributed by atoms with Gasteiger partial charge in [-0.1, -0.05) is 0 Å². The number of nitrogens with one attached hydrogen (secondary N) is 1. The van der Waals surface area contributed by atoms with Crippen LogP contribution in [-0.4, -0.2) is 67.8 Å². The molecule has 2 amide bonds. The first-order valence-electron chi connectivity index (χ1n) is 7.07. The summed E-state index contributed by atoms with van der Waals surface area (Å²) in [6.45, 7) is 4.89. The van der Waals surface area contributed by atoms with Gasteiger partial charge in [0.05, 0.1) is 18.8 Å². The highest BCUT2D eigenvalue weighted by atomic mass is 16.5. The van der Waals surface area contributed by atoms with E-state index in [2.05, 4.69) is 5.32 Å². The predicted molar refractivity (Wildman–Crippen MR) is 72.0 cm³/mol. The lowest BCUT2D eigenvalue weighted by molar-refractivity contribution is -0.141. The predicted octanol–water partition coefficient (Wildman–Crippen LogP) is -1.14. The first kappa shape index (κ1) is 15.2. The zero-order chi connectivity index (χ0) is 14.6. The van der Waals surface area contributed by atoms with Gasteiger partial charge < -0.3 is 25.4 Å². The van der Waals surface area contributed by atoms with Crippen LogP contribution in [0.25, 0.3) is 0 Å². The fourth-order valence-electron chi connectivity index (χ4n) is 2.42. The van der Waals surface area contributed by atoms with Crippen LogP contribution in [0.3, 0.4) is 0 Å². The third kappa shape index (κ3) is 3.47. The van der Waals surface area contributed by atoms with E-state index in [4.69, 9.17) is 15.2 Å². The van der Waals surface area contributed by atoms with Gasteiger partial charge in [0, 0.05) is 26.3 Å². The second-order valence-electron chi connectivity index (χ2n) is 5.40. The van der Waals surface area contributed by atoms with Crippen LogP contribution in [0.15, 0.2) is 0 Å². The van der Waals surface area contributed by atoms with Crippen molar-refractivity contribution in [2.45, 2.75) is 31.3 Å².